The maximum atomic E-state index is 13.2. The number of piperidine rings is 1. The van der Waals surface area contributed by atoms with E-state index in [-0.39, 0.29) is 16.8 Å². The number of nitrogens with one attached hydrogen (secondary N) is 1. The molecule has 1 fully saturated rings. The van der Waals surface area contributed by atoms with Crippen LogP contribution in [-0.4, -0.2) is 39.4 Å². The summed E-state index contributed by atoms with van der Waals surface area (Å²) in [5.41, 5.74) is 3.93. The number of hydrogen-bond donors (Lipinski definition) is 1. The van der Waals surface area contributed by atoms with Crippen molar-refractivity contribution in [1.82, 2.24) is 9.62 Å². The number of nitrogens with zero attached hydrogens (tertiary/aromatic N) is 1. The minimum absolute atomic E-state index is 0.0727. The van der Waals surface area contributed by atoms with E-state index in [9.17, 15) is 13.2 Å². The summed E-state index contributed by atoms with van der Waals surface area (Å²) in [5, 5.41) is 0. The van der Waals surface area contributed by atoms with Gasteiger partial charge in [0.05, 0.1) is 17.6 Å². The van der Waals surface area contributed by atoms with Crippen molar-refractivity contribution in [3.8, 4) is 5.75 Å². The van der Waals surface area contributed by atoms with Gasteiger partial charge in [-0.3, -0.25) is 4.79 Å². The van der Waals surface area contributed by atoms with Gasteiger partial charge in [0, 0.05) is 19.1 Å². The lowest BCUT2D eigenvalue weighted by atomic mass is 9.89. The Kier molecular flexibility index (Phi) is 6.86. The summed E-state index contributed by atoms with van der Waals surface area (Å²) < 4.78 is 34.5. The van der Waals surface area contributed by atoms with Crippen LogP contribution in [0.5, 0.6) is 5.75 Å². The smallest absolute Gasteiger partial charge is 0.257 e. The number of methoxy groups -OCH3 is 1. The Morgan fingerprint density at radius 1 is 0.969 bits per heavy atom. The molecule has 0 saturated carbocycles. The molecule has 0 bridgehead atoms. The molecule has 2 aliphatic rings. The first-order valence-corrected chi connectivity index (χ1v) is 13.0. The SMILES string of the molecule is COc1ccc(S(=O)(=O)N[C@H](C)c2ccc3c(c2)CCCC3)cc1C(=O)N1CCCCC1. The lowest BCUT2D eigenvalue weighted by molar-refractivity contribution is 0.0720. The lowest BCUT2D eigenvalue weighted by Gasteiger charge is -2.27. The van der Waals surface area contributed by atoms with E-state index in [4.69, 9.17) is 4.74 Å². The highest BCUT2D eigenvalue weighted by Gasteiger charge is 2.26. The van der Waals surface area contributed by atoms with Crippen molar-refractivity contribution < 1.29 is 17.9 Å². The van der Waals surface area contributed by atoms with Gasteiger partial charge in [0.25, 0.3) is 5.91 Å². The van der Waals surface area contributed by atoms with E-state index in [1.807, 2.05) is 13.0 Å². The topological polar surface area (TPSA) is 75.7 Å². The predicted molar refractivity (Wildman–Crippen MR) is 125 cm³/mol. The van der Waals surface area contributed by atoms with E-state index in [1.165, 1.54) is 43.2 Å². The molecule has 1 saturated heterocycles. The Morgan fingerprint density at radius 3 is 2.41 bits per heavy atom. The first-order valence-electron chi connectivity index (χ1n) is 11.5. The van der Waals surface area contributed by atoms with Crippen LogP contribution in [0.2, 0.25) is 0 Å². The molecule has 1 N–H and O–H groups in total. The number of carbonyl (C=O) groups excluding carboxylic acids is 1. The Bertz CT molecular complexity index is 1090. The number of rotatable bonds is 6. The number of likely N-dealkylation sites (tertiary alicyclic amines) is 1. The highest BCUT2D eigenvalue weighted by Crippen LogP contribution is 2.28. The van der Waals surface area contributed by atoms with Crippen molar-refractivity contribution in [1.29, 1.82) is 0 Å². The van der Waals surface area contributed by atoms with Crippen LogP contribution in [0.15, 0.2) is 41.3 Å². The van der Waals surface area contributed by atoms with Crippen LogP contribution in [0.25, 0.3) is 0 Å². The van der Waals surface area contributed by atoms with Gasteiger partial charge in [-0.1, -0.05) is 18.2 Å². The van der Waals surface area contributed by atoms with E-state index in [2.05, 4.69) is 16.9 Å². The van der Waals surface area contributed by atoms with Gasteiger partial charge >= 0.3 is 0 Å². The van der Waals surface area contributed by atoms with Crippen molar-refractivity contribution in [2.75, 3.05) is 20.2 Å². The Balaban J connectivity index is 1.57. The second-order valence-electron chi connectivity index (χ2n) is 8.79. The average molecular weight is 457 g/mol. The van der Waals surface area contributed by atoms with Crippen molar-refractivity contribution in [3.05, 3.63) is 58.7 Å². The Morgan fingerprint density at radius 2 is 1.69 bits per heavy atom. The van der Waals surface area contributed by atoms with Gasteiger partial charge in [-0.2, -0.15) is 0 Å². The third-order valence-corrected chi connectivity index (χ3v) is 8.10. The number of ether oxygens (including phenoxy) is 1. The van der Waals surface area contributed by atoms with Crippen LogP contribution >= 0.6 is 0 Å². The van der Waals surface area contributed by atoms with E-state index in [1.54, 1.807) is 11.0 Å². The molecule has 172 valence electrons. The fourth-order valence-electron chi connectivity index (χ4n) is 4.68. The summed E-state index contributed by atoms with van der Waals surface area (Å²) in [4.78, 5) is 14.9. The molecule has 0 aromatic heterocycles. The fourth-order valence-corrected chi connectivity index (χ4v) is 5.94. The third-order valence-electron chi connectivity index (χ3n) is 6.56. The van der Waals surface area contributed by atoms with Gasteiger partial charge in [-0.05, 0) is 86.8 Å². The molecule has 1 atom stereocenters. The first kappa shape index (κ1) is 22.8. The van der Waals surface area contributed by atoms with Crippen molar-refractivity contribution in [2.24, 2.45) is 0 Å². The average Bonchev–Trinajstić information content (AvgIpc) is 2.83. The van der Waals surface area contributed by atoms with Crippen LogP contribution in [0, 0.1) is 0 Å². The molecule has 4 rings (SSSR count). The number of benzene rings is 2. The van der Waals surface area contributed by atoms with Crippen molar-refractivity contribution in [2.45, 2.75) is 62.8 Å². The zero-order valence-corrected chi connectivity index (χ0v) is 19.7. The number of aryl methyl sites for hydroxylation is 2. The van der Waals surface area contributed by atoms with Crippen LogP contribution in [0.3, 0.4) is 0 Å². The molecule has 2 aromatic rings. The van der Waals surface area contributed by atoms with Crippen molar-refractivity contribution >= 4 is 15.9 Å². The molecule has 0 radical (unpaired) electrons. The minimum atomic E-state index is -3.82. The molecule has 1 aliphatic carbocycles. The first-order chi connectivity index (χ1) is 15.4. The number of hydrogen-bond acceptors (Lipinski definition) is 4. The van der Waals surface area contributed by atoms with Crippen LogP contribution < -0.4 is 9.46 Å². The second-order valence-corrected chi connectivity index (χ2v) is 10.5. The van der Waals surface area contributed by atoms with Crippen LogP contribution in [-0.2, 0) is 22.9 Å². The van der Waals surface area contributed by atoms with Gasteiger partial charge in [-0.15, -0.1) is 0 Å². The summed E-state index contributed by atoms with van der Waals surface area (Å²) in [7, 11) is -2.32. The molecule has 1 amide bonds. The molecular formula is C25H32N2O4S. The fraction of sp³-hybridized carbons (Fsp3) is 0.480. The van der Waals surface area contributed by atoms with Gasteiger partial charge < -0.3 is 9.64 Å². The molecule has 0 spiro atoms. The standard InChI is InChI=1S/C25H32N2O4S/c1-18(20-11-10-19-8-4-5-9-21(19)16-20)26-32(29,30)22-12-13-24(31-2)23(17-22)25(28)27-14-6-3-7-15-27/h10-13,16-18,26H,3-9,14-15H2,1-2H3/t18-/m1/s1. The molecular weight excluding hydrogens is 424 g/mol. The third kappa shape index (κ3) is 4.84. The molecule has 2 aromatic carbocycles. The zero-order valence-electron chi connectivity index (χ0n) is 18.9. The van der Waals surface area contributed by atoms with Gasteiger partial charge in [0.2, 0.25) is 10.0 Å². The second kappa shape index (κ2) is 9.63. The van der Waals surface area contributed by atoms with E-state index >= 15 is 0 Å². The van der Waals surface area contributed by atoms with Crippen molar-refractivity contribution in [3.63, 3.8) is 0 Å². The predicted octanol–water partition coefficient (Wildman–Crippen LogP) is 4.24. The quantitative estimate of drug-likeness (QED) is 0.705. The highest BCUT2D eigenvalue weighted by molar-refractivity contribution is 7.89. The van der Waals surface area contributed by atoms with E-state index in [0.29, 0.717) is 24.4 Å². The molecule has 0 unspecified atom stereocenters. The zero-order chi connectivity index (χ0) is 22.7. The maximum absolute atomic E-state index is 13.2. The largest absolute Gasteiger partial charge is 0.496 e. The Labute approximate surface area is 191 Å². The highest BCUT2D eigenvalue weighted by atomic mass is 32.2. The van der Waals surface area contributed by atoms with E-state index < -0.39 is 10.0 Å². The van der Waals surface area contributed by atoms with Gasteiger partial charge in [0.1, 0.15) is 5.75 Å². The molecule has 7 heteroatoms. The summed E-state index contributed by atoms with van der Waals surface area (Å²) in [6.45, 7) is 3.23. The number of carbonyl (C=O) groups is 1. The van der Waals surface area contributed by atoms with Gasteiger partial charge in [0.15, 0.2) is 0 Å². The molecule has 32 heavy (non-hydrogen) atoms. The minimum Gasteiger partial charge on any atom is -0.496 e. The molecule has 1 heterocycles. The number of amides is 1. The molecule has 1 aliphatic heterocycles. The number of sulfonamides is 1. The van der Waals surface area contributed by atoms with Crippen LogP contribution in [0.4, 0.5) is 0 Å². The summed E-state index contributed by atoms with van der Waals surface area (Å²) in [5.74, 6) is 0.212. The maximum Gasteiger partial charge on any atom is 0.257 e. The molecule has 6 nitrogen and oxygen atoms in total. The van der Waals surface area contributed by atoms with Gasteiger partial charge in [-0.25, -0.2) is 13.1 Å². The normalized spacial score (nSPS) is 17.5. The van der Waals surface area contributed by atoms with Crippen LogP contribution in [0.1, 0.15) is 72.1 Å². The number of fused-ring (bicyclic) bond motifs is 1. The monoisotopic (exact) mass is 456 g/mol. The lowest BCUT2D eigenvalue weighted by Crippen LogP contribution is -2.36. The van der Waals surface area contributed by atoms with E-state index in [0.717, 1.165) is 37.7 Å². The summed E-state index contributed by atoms with van der Waals surface area (Å²) in [6, 6.07) is 10.4. The Hall–Kier alpha value is -2.38. The summed E-state index contributed by atoms with van der Waals surface area (Å²) in [6.07, 6.45) is 7.57. The summed E-state index contributed by atoms with van der Waals surface area (Å²) >= 11 is 0.